The van der Waals surface area contributed by atoms with E-state index >= 15 is 0 Å². The molecule has 2 aromatic carbocycles. The first-order chi connectivity index (χ1) is 14.1. The Morgan fingerprint density at radius 3 is 2.90 bits per heavy atom. The lowest BCUT2D eigenvalue weighted by atomic mass is 10.1. The van der Waals surface area contributed by atoms with Crippen molar-refractivity contribution in [2.45, 2.75) is 13.3 Å². The summed E-state index contributed by atoms with van der Waals surface area (Å²) in [6.07, 6.45) is 1.67. The standard InChI is InChI=1S/C22H18FN3O2S/c1-2-28-21(27)13-20-15-29-22(25-20)26-24-14-18-10-11-19(23)12-17(18)9-8-16-6-4-3-5-7-16/h3-7,10-12,14-15H,2,13H2,1H3,(H,25,26). The highest BCUT2D eigenvalue weighted by Crippen LogP contribution is 2.16. The van der Waals surface area contributed by atoms with Crippen LogP contribution in [0.3, 0.4) is 0 Å². The van der Waals surface area contributed by atoms with Gasteiger partial charge in [-0.1, -0.05) is 30.0 Å². The number of carbonyl (C=O) groups is 1. The van der Waals surface area contributed by atoms with Crippen molar-refractivity contribution in [1.29, 1.82) is 0 Å². The third-order valence-electron chi connectivity index (χ3n) is 3.68. The second-order valence-electron chi connectivity index (χ2n) is 5.84. The van der Waals surface area contributed by atoms with Crippen LogP contribution in [0.25, 0.3) is 0 Å². The Balaban J connectivity index is 1.69. The van der Waals surface area contributed by atoms with Crippen molar-refractivity contribution < 1.29 is 13.9 Å². The SMILES string of the molecule is CCOC(=O)Cc1csc(NN=Cc2ccc(F)cc2C#Cc2ccccc2)n1. The Kier molecular flexibility index (Phi) is 7.09. The van der Waals surface area contributed by atoms with Crippen LogP contribution in [0.5, 0.6) is 0 Å². The van der Waals surface area contributed by atoms with Gasteiger partial charge >= 0.3 is 5.97 Å². The van der Waals surface area contributed by atoms with E-state index in [0.717, 1.165) is 5.56 Å². The number of ether oxygens (including phenoxy) is 1. The molecule has 29 heavy (non-hydrogen) atoms. The van der Waals surface area contributed by atoms with Crippen LogP contribution in [0.15, 0.2) is 59.0 Å². The van der Waals surface area contributed by atoms with E-state index < -0.39 is 0 Å². The molecule has 1 N–H and O–H groups in total. The molecule has 0 fully saturated rings. The minimum Gasteiger partial charge on any atom is -0.466 e. The molecule has 0 bridgehead atoms. The van der Waals surface area contributed by atoms with E-state index in [4.69, 9.17) is 4.74 Å². The number of halogens is 1. The van der Waals surface area contributed by atoms with Crippen molar-refractivity contribution in [3.8, 4) is 11.8 Å². The fraction of sp³-hybridized carbons (Fsp3) is 0.136. The highest BCUT2D eigenvalue weighted by atomic mass is 32.1. The third-order valence-corrected chi connectivity index (χ3v) is 4.47. The van der Waals surface area contributed by atoms with Gasteiger partial charge in [-0.2, -0.15) is 5.10 Å². The lowest BCUT2D eigenvalue weighted by Gasteiger charge is -2.00. The van der Waals surface area contributed by atoms with Gasteiger partial charge in [0.2, 0.25) is 5.13 Å². The van der Waals surface area contributed by atoms with Gasteiger partial charge in [-0.05, 0) is 37.3 Å². The molecule has 0 spiro atoms. The summed E-state index contributed by atoms with van der Waals surface area (Å²) in [4.78, 5) is 15.8. The molecule has 0 aliphatic carbocycles. The van der Waals surface area contributed by atoms with Crippen LogP contribution < -0.4 is 5.43 Å². The third kappa shape index (κ3) is 6.26. The van der Waals surface area contributed by atoms with Gasteiger partial charge in [-0.25, -0.2) is 9.37 Å². The number of hydrazone groups is 1. The number of hydrogen-bond acceptors (Lipinski definition) is 6. The molecule has 3 rings (SSSR count). The van der Waals surface area contributed by atoms with E-state index in [1.54, 1.807) is 24.6 Å². The summed E-state index contributed by atoms with van der Waals surface area (Å²) in [6, 6.07) is 13.8. The molecule has 5 nitrogen and oxygen atoms in total. The van der Waals surface area contributed by atoms with Crippen molar-refractivity contribution in [1.82, 2.24) is 4.98 Å². The van der Waals surface area contributed by atoms with Gasteiger partial charge in [-0.3, -0.25) is 10.2 Å². The number of nitrogens with zero attached hydrogens (tertiary/aromatic N) is 2. The predicted molar refractivity (Wildman–Crippen MR) is 112 cm³/mol. The molecular weight excluding hydrogens is 389 g/mol. The van der Waals surface area contributed by atoms with Crippen molar-refractivity contribution in [3.63, 3.8) is 0 Å². The zero-order valence-corrected chi connectivity index (χ0v) is 16.5. The highest BCUT2D eigenvalue weighted by molar-refractivity contribution is 7.13. The Labute approximate surface area is 172 Å². The molecule has 7 heteroatoms. The second kappa shape index (κ2) is 10.2. The van der Waals surface area contributed by atoms with Crippen LogP contribution >= 0.6 is 11.3 Å². The number of esters is 1. The summed E-state index contributed by atoms with van der Waals surface area (Å²) in [5.74, 6) is 5.32. The number of carbonyl (C=O) groups excluding carboxylic acids is 1. The molecule has 0 atom stereocenters. The van der Waals surface area contributed by atoms with E-state index in [1.165, 1.54) is 23.5 Å². The Hall–Kier alpha value is -3.50. The van der Waals surface area contributed by atoms with Crippen molar-refractivity contribution in [2.24, 2.45) is 5.10 Å². The summed E-state index contributed by atoms with van der Waals surface area (Å²) in [7, 11) is 0. The fourth-order valence-electron chi connectivity index (χ4n) is 2.37. The first-order valence-corrected chi connectivity index (χ1v) is 9.77. The number of benzene rings is 2. The van der Waals surface area contributed by atoms with Gasteiger partial charge in [0.05, 0.1) is 24.9 Å². The molecule has 0 radical (unpaired) electrons. The number of nitrogens with one attached hydrogen (secondary N) is 1. The first-order valence-electron chi connectivity index (χ1n) is 8.90. The summed E-state index contributed by atoms with van der Waals surface area (Å²) in [5.41, 5.74) is 5.47. The molecule has 146 valence electrons. The van der Waals surface area contributed by atoms with Gasteiger partial charge in [0.1, 0.15) is 5.82 Å². The van der Waals surface area contributed by atoms with E-state index in [9.17, 15) is 9.18 Å². The van der Waals surface area contributed by atoms with Crippen LogP contribution in [0, 0.1) is 17.7 Å². The highest BCUT2D eigenvalue weighted by Gasteiger charge is 2.08. The van der Waals surface area contributed by atoms with Crippen LogP contribution in [0.2, 0.25) is 0 Å². The van der Waals surface area contributed by atoms with E-state index in [2.05, 4.69) is 27.4 Å². The average molecular weight is 407 g/mol. The normalized spacial score (nSPS) is 10.4. The minimum atomic E-state index is -0.365. The van der Waals surface area contributed by atoms with E-state index in [1.807, 2.05) is 30.3 Å². The monoisotopic (exact) mass is 407 g/mol. The minimum absolute atomic E-state index is 0.118. The summed E-state index contributed by atoms with van der Waals surface area (Å²) in [6.45, 7) is 2.10. The lowest BCUT2D eigenvalue weighted by Crippen LogP contribution is -2.07. The van der Waals surface area contributed by atoms with Crippen LogP contribution in [-0.4, -0.2) is 23.8 Å². The predicted octanol–water partition coefficient (Wildman–Crippen LogP) is 4.23. The maximum absolute atomic E-state index is 13.6. The molecule has 0 aliphatic rings. The van der Waals surface area contributed by atoms with Gasteiger partial charge in [0, 0.05) is 22.1 Å². The smallest absolute Gasteiger partial charge is 0.311 e. The van der Waals surface area contributed by atoms with Crippen LogP contribution in [0.4, 0.5) is 9.52 Å². The number of thiazole rings is 1. The Morgan fingerprint density at radius 2 is 2.10 bits per heavy atom. The van der Waals surface area contributed by atoms with Crippen molar-refractivity contribution >= 4 is 28.7 Å². The van der Waals surface area contributed by atoms with Gasteiger partial charge in [0.25, 0.3) is 0 Å². The quantitative estimate of drug-likeness (QED) is 0.287. The van der Waals surface area contributed by atoms with Crippen LogP contribution in [0.1, 0.15) is 29.3 Å². The molecule has 0 aliphatic heterocycles. The van der Waals surface area contributed by atoms with Gasteiger partial charge in [0.15, 0.2) is 0 Å². The Morgan fingerprint density at radius 1 is 1.28 bits per heavy atom. The largest absolute Gasteiger partial charge is 0.466 e. The molecule has 0 saturated carbocycles. The fourth-order valence-corrected chi connectivity index (χ4v) is 3.03. The van der Waals surface area contributed by atoms with Gasteiger partial charge < -0.3 is 4.74 Å². The number of aromatic nitrogens is 1. The summed E-state index contributed by atoms with van der Waals surface area (Å²) < 4.78 is 18.6. The molecule has 1 aromatic heterocycles. The molecule has 0 unspecified atom stereocenters. The maximum atomic E-state index is 13.6. The van der Waals surface area contributed by atoms with E-state index in [-0.39, 0.29) is 18.2 Å². The molecular formula is C22H18FN3O2S. The zero-order chi connectivity index (χ0) is 20.5. The Bertz CT molecular complexity index is 1070. The summed E-state index contributed by atoms with van der Waals surface area (Å²) >= 11 is 1.33. The van der Waals surface area contributed by atoms with Crippen molar-refractivity contribution in [2.75, 3.05) is 12.0 Å². The van der Waals surface area contributed by atoms with Crippen LogP contribution in [-0.2, 0) is 16.0 Å². The van der Waals surface area contributed by atoms with Gasteiger partial charge in [-0.15, -0.1) is 11.3 Å². The molecule has 0 saturated heterocycles. The number of rotatable bonds is 6. The van der Waals surface area contributed by atoms with Crippen molar-refractivity contribution in [3.05, 3.63) is 82.1 Å². The topological polar surface area (TPSA) is 63.6 Å². The molecule has 0 amide bonds. The molecule has 1 heterocycles. The number of hydrogen-bond donors (Lipinski definition) is 1. The zero-order valence-electron chi connectivity index (χ0n) is 15.7. The molecule has 3 aromatic rings. The van der Waals surface area contributed by atoms with E-state index in [0.29, 0.717) is 28.6 Å². The maximum Gasteiger partial charge on any atom is 0.311 e. The average Bonchev–Trinajstić information content (AvgIpc) is 3.16. The second-order valence-corrected chi connectivity index (χ2v) is 6.70. The number of anilines is 1. The first kappa shape index (κ1) is 20.2. The summed E-state index contributed by atoms with van der Waals surface area (Å²) in [5, 5.41) is 6.46. The lowest BCUT2D eigenvalue weighted by molar-refractivity contribution is -0.142.